The molecule has 0 radical (unpaired) electrons. The van der Waals surface area contributed by atoms with Gasteiger partial charge < -0.3 is 4.90 Å². The summed E-state index contributed by atoms with van der Waals surface area (Å²) in [6, 6.07) is 15.2. The summed E-state index contributed by atoms with van der Waals surface area (Å²) in [5.74, 6) is 0.411. The zero-order chi connectivity index (χ0) is 19.8. The first-order chi connectivity index (χ1) is 14.2. The normalized spacial score (nSPS) is 23.3. The van der Waals surface area contributed by atoms with Crippen molar-refractivity contribution < 1.29 is 9.18 Å². The molecular weight excluding hydrogens is 369 g/mol. The van der Waals surface area contributed by atoms with Crippen LogP contribution in [0.3, 0.4) is 0 Å². The van der Waals surface area contributed by atoms with Gasteiger partial charge >= 0.3 is 0 Å². The summed E-state index contributed by atoms with van der Waals surface area (Å²) in [5.41, 5.74) is 3.05. The Kier molecular flexibility index (Phi) is 4.58. The molecule has 0 unspecified atom stereocenters. The second kappa shape index (κ2) is 7.39. The Morgan fingerprint density at radius 1 is 1.00 bits per heavy atom. The fraction of sp³-hybridized carbons (Fsp3) is 0.364. The molecule has 0 spiro atoms. The van der Waals surface area contributed by atoms with E-state index in [0.717, 1.165) is 36.9 Å². The van der Waals surface area contributed by atoms with Crippen molar-refractivity contribution >= 4 is 5.91 Å². The van der Waals surface area contributed by atoms with Crippen LogP contribution < -0.4 is 0 Å². The predicted molar refractivity (Wildman–Crippen MR) is 105 cm³/mol. The van der Waals surface area contributed by atoms with Crippen LogP contribution in [0.4, 0.5) is 4.39 Å². The molecule has 3 heterocycles. The first kappa shape index (κ1) is 18.0. The van der Waals surface area contributed by atoms with Crippen molar-refractivity contribution in [3.8, 4) is 5.69 Å². The average molecular weight is 391 g/mol. The van der Waals surface area contributed by atoms with E-state index < -0.39 is 0 Å². The van der Waals surface area contributed by atoms with E-state index in [4.69, 9.17) is 0 Å². The van der Waals surface area contributed by atoms with E-state index in [0.29, 0.717) is 12.3 Å². The third-order valence-electron chi connectivity index (χ3n) is 6.27. The number of aromatic nitrogens is 4. The number of carbonyl (C=O) groups excluding carboxylic acids is 1. The quantitative estimate of drug-likeness (QED) is 0.685. The molecule has 0 N–H and O–H groups in total. The number of halogens is 1. The molecule has 2 bridgehead atoms. The fourth-order valence-electron chi connectivity index (χ4n) is 4.90. The van der Waals surface area contributed by atoms with Crippen LogP contribution in [-0.4, -0.2) is 43.1 Å². The van der Waals surface area contributed by atoms with Gasteiger partial charge in [0.2, 0.25) is 5.91 Å². The minimum absolute atomic E-state index is 0.199. The Morgan fingerprint density at radius 3 is 2.31 bits per heavy atom. The van der Waals surface area contributed by atoms with Crippen molar-refractivity contribution in [2.24, 2.45) is 0 Å². The minimum atomic E-state index is -0.199. The Morgan fingerprint density at radius 2 is 1.69 bits per heavy atom. The topological polar surface area (TPSA) is 63.9 Å². The van der Waals surface area contributed by atoms with E-state index >= 15 is 0 Å². The molecule has 1 aromatic heterocycles. The third kappa shape index (κ3) is 3.52. The number of tetrazole rings is 1. The highest BCUT2D eigenvalue weighted by Crippen LogP contribution is 2.43. The molecule has 2 atom stereocenters. The first-order valence-corrected chi connectivity index (χ1v) is 10.1. The summed E-state index contributed by atoms with van der Waals surface area (Å²) < 4.78 is 14.8. The summed E-state index contributed by atoms with van der Waals surface area (Å²) in [6.45, 7) is 0. The predicted octanol–water partition coefficient (Wildman–Crippen LogP) is 3.28. The Hall–Kier alpha value is -3.09. The number of rotatable bonds is 4. The van der Waals surface area contributed by atoms with Crippen LogP contribution in [0.2, 0.25) is 0 Å². The summed E-state index contributed by atoms with van der Waals surface area (Å²) in [7, 11) is 0. The lowest BCUT2D eigenvalue weighted by molar-refractivity contribution is -0.135. The van der Waals surface area contributed by atoms with Gasteiger partial charge in [-0.25, -0.2) is 9.07 Å². The van der Waals surface area contributed by atoms with Gasteiger partial charge in [0.1, 0.15) is 12.1 Å². The number of hydrogen-bond donors (Lipinski definition) is 0. The molecule has 0 saturated carbocycles. The lowest BCUT2D eigenvalue weighted by atomic mass is 9.85. The van der Waals surface area contributed by atoms with Gasteiger partial charge in [-0.05, 0) is 77.4 Å². The zero-order valence-corrected chi connectivity index (χ0v) is 16.0. The van der Waals surface area contributed by atoms with Crippen LogP contribution >= 0.6 is 0 Å². The molecular formula is C22H22FN5O. The molecule has 6 nitrogen and oxygen atoms in total. The molecule has 0 aliphatic carbocycles. The van der Waals surface area contributed by atoms with Gasteiger partial charge in [-0.2, -0.15) is 0 Å². The van der Waals surface area contributed by atoms with Crippen LogP contribution in [0.25, 0.3) is 5.69 Å². The van der Waals surface area contributed by atoms with Gasteiger partial charge in [0.15, 0.2) is 0 Å². The molecule has 1 amide bonds. The Bertz CT molecular complexity index is 973. The van der Waals surface area contributed by atoms with Crippen LogP contribution in [0.5, 0.6) is 0 Å². The van der Waals surface area contributed by atoms with E-state index in [9.17, 15) is 9.18 Å². The lowest BCUT2D eigenvalue weighted by Crippen LogP contribution is -2.46. The highest BCUT2D eigenvalue weighted by molar-refractivity contribution is 5.80. The molecule has 5 rings (SSSR count). The number of hydrogen-bond acceptors (Lipinski definition) is 4. The monoisotopic (exact) mass is 391 g/mol. The van der Waals surface area contributed by atoms with Gasteiger partial charge in [-0.3, -0.25) is 4.79 Å². The van der Waals surface area contributed by atoms with Crippen LogP contribution in [0.15, 0.2) is 54.9 Å². The van der Waals surface area contributed by atoms with Gasteiger partial charge in [0, 0.05) is 12.1 Å². The molecule has 2 aliphatic rings. The molecule has 2 aliphatic heterocycles. The first-order valence-electron chi connectivity index (χ1n) is 10.1. The molecule has 2 saturated heterocycles. The molecule has 148 valence electrons. The Balaban J connectivity index is 1.26. The number of piperidine rings is 1. The van der Waals surface area contributed by atoms with Gasteiger partial charge in [0.05, 0.1) is 12.1 Å². The smallest absolute Gasteiger partial charge is 0.227 e. The number of carbonyl (C=O) groups is 1. The number of amides is 1. The summed E-state index contributed by atoms with van der Waals surface area (Å²) >= 11 is 0. The standard InChI is InChI=1S/C22H22FN5O/c23-18-5-3-16(4-6-18)17-12-20-9-10-21(13-17)28(20)22(29)11-15-1-7-19(8-2-15)27-14-24-25-26-27/h1-8,14,17,20-21H,9-13H2/t20-,21-/m1/s1. The van der Waals surface area contributed by atoms with Gasteiger partial charge in [-0.1, -0.05) is 24.3 Å². The minimum Gasteiger partial charge on any atom is -0.336 e. The van der Waals surface area contributed by atoms with Crippen molar-refractivity contribution in [1.82, 2.24) is 25.1 Å². The largest absolute Gasteiger partial charge is 0.336 e. The van der Waals surface area contributed by atoms with E-state index in [1.165, 1.54) is 17.7 Å². The summed E-state index contributed by atoms with van der Waals surface area (Å²) in [5, 5.41) is 11.2. The van der Waals surface area contributed by atoms with E-state index in [2.05, 4.69) is 20.4 Å². The van der Waals surface area contributed by atoms with E-state index in [1.807, 2.05) is 36.4 Å². The fourth-order valence-corrected chi connectivity index (χ4v) is 4.90. The molecule has 7 heteroatoms. The van der Waals surface area contributed by atoms with Crippen molar-refractivity contribution in [3.63, 3.8) is 0 Å². The number of benzene rings is 2. The van der Waals surface area contributed by atoms with Crippen molar-refractivity contribution in [3.05, 3.63) is 71.8 Å². The van der Waals surface area contributed by atoms with Crippen molar-refractivity contribution in [2.75, 3.05) is 0 Å². The maximum atomic E-state index is 13.2. The molecule has 2 fully saturated rings. The maximum absolute atomic E-state index is 13.2. The second-order valence-corrected chi connectivity index (χ2v) is 8.00. The summed E-state index contributed by atoms with van der Waals surface area (Å²) in [4.78, 5) is 15.2. The SMILES string of the molecule is O=C(Cc1ccc(-n2cnnn2)cc1)N1[C@@H]2CC[C@@H]1CC(c1ccc(F)cc1)C2. The molecule has 29 heavy (non-hydrogen) atoms. The van der Waals surface area contributed by atoms with E-state index in [1.54, 1.807) is 11.0 Å². The second-order valence-electron chi connectivity index (χ2n) is 8.00. The maximum Gasteiger partial charge on any atom is 0.227 e. The van der Waals surface area contributed by atoms with Crippen LogP contribution in [0.1, 0.15) is 42.7 Å². The highest BCUT2D eigenvalue weighted by Gasteiger charge is 2.43. The average Bonchev–Trinajstić information content (AvgIpc) is 3.36. The third-order valence-corrected chi connectivity index (χ3v) is 6.27. The van der Waals surface area contributed by atoms with Crippen molar-refractivity contribution in [2.45, 2.75) is 50.1 Å². The number of fused-ring (bicyclic) bond motifs is 2. The van der Waals surface area contributed by atoms with E-state index in [-0.39, 0.29) is 23.8 Å². The molecule has 3 aromatic rings. The Labute approximate surface area is 168 Å². The van der Waals surface area contributed by atoms with Gasteiger partial charge in [0.25, 0.3) is 0 Å². The van der Waals surface area contributed by atoms with Gasteiger partial charge in [-0.15, -0.1) is 5.10 Å². The van der Waals surface area contributed by atoms with Crippen molar-refractivity contribution in [1.29, 1.82) is 0 Å². The van der Waals surface area contributed by atoms with Crippen LogP contribution in [-0.2, 0) is 11.2 Å². The zero-order valence-electron chi connectivity index (χ0n) is 16.0. The highest BCUT2D eigenvalue weighted by atomic mass is 19.1. The van der Waals surface area contributed by atoms with Crippen LogP contribution in [0, 0.1) is 5.82 Å². The lowest BCUT2D eigenvalue weighted by Gasteiger charge is -2.39. The summed E-state index contributed by atoms with van der Waals surface area (Å²) in [6.07, 6.45) is 6.00. The molecule has 2 aromatic carbocycles. The number of nitrogens with zero attached hydrogens (tertiary/aromatic N) is 5.